The van der Waals surface area contributed by atoms with Crippen molar-refractivity contribution in [2.24, 2.45) is 0 Å². The molecule has 3 aromatic rings. The van der Waals surface area contributed by atoms with Crippen LogP contribution in [0.1, 0.15) is 12.5 Å². The van der Waals surface area contributed by atoms with E-state index in [0.29, 0.717) is 6.54 Å². The van der Waals surface area contributed by atoms with Crippen LogP contribution in [0.4, 0.5) is 17.3 Å². The molecule has 0 aliphatic rings. The van der Waals surface area contributed by atoms with Gasteiger partial charge in [-0.05, 0) is 25.1 Å². The lowest BCUT2D eigenvalue weighted by Gasteiger charge is -2.22. The number of nitrogens with zero attached hydrogens (tertiary/aromatic N) is 3. The number of para-hydroxylation sites is 2. The van der Waals surface area contributed by atoms with Gasteiger partial charge < -0.3 is 15.0 Å². The van der Waals surface area contributed by atoms with Crippen molar-refractivity contribution in [1.82, 2.24) is 9.97 Å². The van der Waals surface area contributed by atoms with Crippen LogP contribution in [0.2, 0.25) is 0 Å². The Morgan fingerprint density at radius 3 is 2.52 bits per heavy atom. The van der Waals surface area contributed by atoms with Crippen LogP contribution in [0, 0.1) is 0 Å². The molecule has 1 N–H and O–H groups in total. The SMILES string of the molecule is CCN(c1ccccc1)c1cc(NCc2ccccc2OC)ncn1. The Balaban J connectivity index is 1.77. The van der Waals surface area contributed by atoms with Crippen LogP contribution in [-0.4, -0.2) is 23.6 Å². The van der Waals surface area contributed by atoms with Gasteiger partial charge in [-0.15, -0.1) is 0 Å². The van der Waals surface area contributed by atoms with Crippen molar-refractivity contribution in [3.8, 4) is 5.75 Å². The summed E-state index contributed by atoms with van der Waals surface area (Å²) in [6.07, 6.45) is 1.59. The summed E-state index contributed by atoms with van der Waals surface area (Å²) in [5, 5.41) is 3.35. The lowest BCUT2D eigenvalue weighted by Crippen LogP contribution is -2.17. The molecular formula is C20H22N4O. The summed E-state index contributed by atoms with van der Waals surface area (Å²) in [5.41, 5.74) is 2.19. The zero-order valence-corrected chi connectivity index (χ0v) is 14.5. The van der Waals surface area contributed by atoms with Crippen molar-refractivity contribution >= 4 is 17.3 Å². The monoisotopic (exact) mass is 334 g/mol. The number of hydrogen-bond acceptors (Lipinski definition) is 5. The molecule has 5 nitrogen and oxygen atoms in total. The third kappa shape index (κ3) is 4.07. The first-order valence-electron chi connectivity index (χ1n) is 8.32. The van der Waals surface area contributed by atoms with Crippen molar-refractivity contribution in [1.29, 1.82) is 0 Å². The van der Waals surface area contributed by atoms with E-state index in [0.717, 1.165) is 35.2 Å². The van der Waals surface area contributed by atoms with Crippen LogP contribution in [0.15, 0.2) is 67.0 Å². The highest BCUT2D eigenvalue weighted by Gasteiger charge is 2.10. The molecule has 128 valence electrons. The van der Waals surface area contributed by atoms with Crippen LogP contribution >= 0.6 is 0 Å². The molecule has 0 aliphatic heterocycles. The summed E-state index contributed by atoms with van der Waals surface area (Å²) in [6.45, 7) is 3.57. The normalized spacial score (nSPS) is 10.3. The molecule has 0 saturated heterocycles. The average molecular weight is 334 g/mol. The van der Waals surface area contributed by atoms with E-state index in [1.165, 1.54) is 0 Å². The zero-order valence-electron chi connectivity index (χ0n) is 14.5. The maximum Gasteiger partial charge on any atom is 0.138 e. The van der Waals surface area contributed by atoms with Crippen LogP contribution in [0.25, 0.3) is 0 Å². The summed E-state index contributed by atoms with van der Waals surface area (Å²) >= 11 is 0. The Morgan fingerprint density at radius 2 is 1.76 bits per heavy atom. The first kappa shape index (κ1) is 16.8. The van der Waals surface area contributed by atoms with Gasteiger partial charge in [0.05, 0.1) is 7.11 Å². The quantitative estimate of drug-likeness (QED) is 0.700. The summed E-state index contributed by atoms with van der Waals surface area (Å²) in [7, 11) is 1.68. The number of benzene rings is 2. The third-order valence-corrected chi connectivity index (χ3v) is 3.97. The molecular weight excluding hydrogens is 312 g/mol. The molecule has 25 heavy (non-hydrogen) atoms. The molecule has 0 unspecified atom stereocenters. The smallest absolute Gasteiger partial charge is 0.138 e. The molecule has 3 rings (SSSR count). The van der Waals surface area contributed by atoms with Gasteiger partial charge in [-0.25, -0.2) is 9.97 Å². The van der Waals surface area contributed by atoms with Gasteiger partial charge in [0, 0.05) is 30.4 Å². The predicted molar refractivity (Wildman–Crippen MR) is 101 cm³/mol. The number of nitrogens with one attached hydrogen (secondary N) is 1. The number of methoxy groups -OCH3 is 1. The summed E-state index contributed by atoms with van der Waals surface area (Å²) in [4.78, 5) is 10.9. The van der Waals surface area contributed by atoms with Crippen molar-refractivity contribution < 1.29 is 4.74 Å². The molecule has 2 aromatic carbocycles. The fourth-order valence-corrected chi connectivity index (χ4v) is 2.71. The second kappa shape index (κ2) is 8.15. The van der Waals surface area contributed by atoms with E-state index in [-0.39, 0.29) is 0 Å². The number of anilines is 3. The molecule has 0 amide bonds. The predicted octanol–water partition coefficient (Wildman–Crippen LogP) is 4.26. The van der Waals surface area contributed by atoms with Crippen LogP contribution in [-0.2, 0) is 6.54 Å². The highest BCUT2D eigenvalue weighted by atomic mass is 16.5. The minimum atomic E-state index is 0.637. The topological polar surface area (TPSA) is 50.3 Å². The molecule has 0 atom stereocenters. The zero-order chi connectivity index (χ0) is 17.5. The number of hydrogen-bond donors (Lipinski definition) is 1. The molecule has 1 aromatic heterocycles. The Bertz CT molecular complexity index is 808. The van der Waals surface area contributed by atoms with E-state index in [1.54, 1.807) is 13.4 Å². The Labute approximate surface area is 148 Å². The van der Waals surface area contributed by atoms with E-state index >= 15 is 0 Å². The minimum absolute atomic E-state index is 0.637. The van der Waals surface area contributed by atoms with Crippen molar-refractivity contribution in [3.05, 3.63) is 72.6 Å². The van der Waals surface area contributed by atoms with Gasteiger partial charge in [0.2, 0.25) is 0 Å². The van der Waals surface area contributed by atoms with E-state index in [1.807, 2.05) is 48.5 Å². The lowest BCUT2D eigenvalue weighted by atomic mass is 10.2. The Hall–Kier alpha value is -3.08. The second-order valence-electron chi connectivity index (χ2n) is 5.51. The Morgan fingerprint density at radius 1 is 1.00 bits per heavy atom. The maximum atomic E-state index is 5.39. The van der Waals surface area contributed by atoms with Gasteiger partial charge in [0.25, 0.3) is 0 Å². The van der Waals surface area contributed by atoms with E-state index in [2.05, 4.69) is 39.2 Å². The highest BCUT2D eigenvalue weighted by molar-refractivity contribution is 5.62. The molecule has 5 heteroatoms. The maximum absolute atomic E-state index is 5.39. The number of ether oxygens (including phenoxy) is 1. The highest BCUT2D eigenvalue weighted by Crippen LogP contribution is 2.24. The second-order valence-corrected chi connectivity index (χ2v) is 5.51. The van der Waals surface area contributed by atoms with Gasteiger partial charge >= 0.3 is 0 Å². The van der Waals surface area contributed by atoms with E-state index < -0.39 is 0 Å². The molecule has 1 heterocycles. The van der Waals surface area contributed by atoms with Gasteiger partial charge in [-0.2, -0.15) is 0 Å². The summed E-state index contributed by atoms with van der Waals surface area (Å²) < 4.78 is 5.39. The fourth-order valence-electron chi connectivity index (χ4n) is 2.71. The molecule has 0 fully saturated rings. The average Bonchev–Trinajstić information content (AvgIpc) is 2.68. The van der Waals surface area contributed by atoms with Gasteiger partial charge in [0.15, 0.2) is 0 Å². The van der Waals surface area contributed by atoms with Gasteiger partial charge in [0.1, 0.15) is 23.7 Å². The lowest BCUT2D eigenvalue weighted by molar-refractivity contribution is 0.410. The first-order chi connectivity index (χ1) is 12.3. The molecule has 0 spiro atoms. The third-order valence-electron chi connectivity index (χ3n) is 3.97. The Kier molecular flexibility index (Phi) is 5.46. The van der Waals surface area contributed by atoms with Crippen molar-refractivity contribution in [2.45, 2.75) is 13.5 Å². The van der Waals surface area contributed by atoms with Crippen LogP contribution < -0.4 is 15.0 Å². The molecule has 0 radical (unpaired) electrons. The fraction of sp³-hybridized carbons (Fsp3) is 0.200. The van der Waals surface area contributed by atoms with E-state index in [4.69, 9.17) is 4.74 Å². The standard InChI is InChI=1S/C20H22N4O/c1-3-24(17-10-5-4-6-11-17)20-13-19(22-15-23-20)21-14-16-9-7-8-12-18(16)25-2/h4-13,15H,3,14H2,1-2H3,(H,21,22,23). The number of aromatic nitrogens is 2. The molecule has 0 bridgehead atoms. The summed E-state index contributed by atoms with van der Waals surface area (Å²) in [5.74, 6) is 2.51. The van der Waals surface area contributed by atoms with Crippen LogP contribution in [0.5, 0.6) is 5.75 Å². The van der Waals surface area contributed by atoms with Crippen molar-refractivity contribution in [2.75, 3.05) is 23.9 Å². The van der Waals surface area contributed by atoms with Gasteiger partial charge in [-0.3, -0.25) is 0 Å². The van der Waals surface area contributed by atoms with E-state index in [9.17, 15) is 0 Å². The minimum Gasteiger partial charge on any atom is -0.496 e. The molecule has 0 saturated carbocycles. The first-order valence-corrected chi connectivity index (χ1v) is 8.32. The summed E-state index contributed by atoms with van der Waals surface area (Å²) in [6, 6.07) is 20.1. The van der Waals surface area contributed by atoms with Gasteiger partial charge in [-0.1, -0.05) is 36.4 Å². The molecule has 0 aliphatic carbocycles. The largest absolute Gasteiger partial charge is 0.496 e. The van der Waals surface area contributed by atoms with Crippen LogP contribution in [0.3, 0.4) is 0 Å². The number of rotatable bonds is 7. The van der Waals surface area contributed by atoms with Crippen molar-refractivity contribution in [3.63, 3.8) is 0 Å².